The summed E-state index contributed by atoms with van der Waals surface area (Å²) in [6.45, 7) is 4.61. The van der Waals surface area contributed by atoms with Crippen LogP contribution in [-0.4, -0.2) is 19.1 Å². The van der Waals surface area contributed by atoms with Gasteiger partial charge in [-0.15, -0.1) is 0 Å². The SMILES string of the molecule is Cn1c(-c2cccc(C(F)c3ccc4c5c6c(ccc5n(-c5ccccn5)c4c3)C(C)(C)c3ccccc3S6)c2)nc2ccccc21. The molecular formula is C41H31FN4S. The molecule has 8 aromatic rings. The van der Waals surface area contributed by atoms with Crippen LogP contribution in [0.25, 0.3) is 50.0 Å². The number of nitrogens with zero attached hydrogens (tertiary/aromatic N) is 4. The van der Waals surface area contributed by atoms with E-state index in [9.17, 15) is 0 Å². The Labute approximate surface area is 276 Å². The Morgan fingerprint density at radius 3 is 2.38 bits per heavy atom. The van der Waals surface area contributed by atoms with Gasteiger partial charge in [0.2, 0.25) is 0 Å². The first kappa shape index (κ1) is 28.1. The zero-order valence-corrected chi connectivity index (χ0v) is 27.1. The number of benzene rings is 5. The van der Waals surface area contributed by atoms with Crippen LogP contribution in [-0.2, 0) is 12.5 Å². The van der Waals surface area contributed by atoms with Gasteiger partial charge in [0.25, 0.3) is 0 Å². The first-order chi connectivity index (χ1) is 22.9. The van der Waals surface area contributed by atoms with E-state index in [-0.39, 0.29) is 5.41 Å². The Morgan fingerprint density at radius 2 is 1.53 bits per heavy atom. The third-order valence-electron chi connectivity index (χ3n) is 9.75. The molecule has 0 radical (unpaired) electrons. The Hall–Kier alpha value is -5.20. The number of imidazole rings is 1. The first-order valence-corrected chi connectivity index (χ1v) is 16.7. The summed E-state index contributed by atoms with van der Waals surface area (Å²) in [4.78, 5) is 12.1. The molecule has 47 heavy (non-hydrogen) atoms. The lowest BCUT2D eigenvalue weighted by molar-refractivity contribution is 0.402. The highest BCUT2D eigenvalue weighted by molar-refractivity contribution is 7.99. The number of aryl methyl sites for hydroxylation is 1. The molecule has 6 heteroatoms. The van der Waals surface area contributed by atoms with Gasteiger partial charge < -0.3 is 4.57 Å². The highest BCUT2D eigenvalue weighted by Gasteiger charge is 2.35. The van der Waals surface area contributed by atoms with Crippen molar-refractivity contribution < 1.29 is 4.39 Å². The number of para-hydroxylation sites is 2. The fraction of sp³-hybridized carbons (Fsp3) is 0.122. The molecule has 1 aliphatic rings. The third-order valence-corrected chi connectivity index (χ3v) is 11.0. The summed E-state index contributed by atoms with van der Waals surface area (Å²) in [5.41, 5.74) is 8.56. The predicted molar refractivity (Wildman–Crippen MR) is 190 cm³/mol. The molecule has 0 aliphatic carbocycles. The second-order valence-electron chi connectivity index (χ2n) is 12.8. The topological polar surface area (TPSA) is 35.6 Å². The van der Waals surface area contributed by atoms with Crippen LogP contribution in [0.5, 0.6) is 0 Å². The molecular weight excluding hydrogens is 600 g/mol. The standard InChI is InChI=1S/C41H31FN4S/c1-41(2)29-13-4-7-16-35(29)47-39-30(41)20-21-33-37(39)28-19-18-26(24-34(28)46(33)36-17-8-9-22-43-36)38(42)25-11-10-12-27(23-25)40-44-31-14-5-6-15-32(31)45(40)3/h4-24,38H,1-3H3. The van der Waals surface area contributed by atoms with E-state index in [4.69, 9.17) is 9.97 Å². The highest BCUT2D eigenvalue weighted by Crippen LogP contribution is 2.53. The van der Waals surface area contributed by atoms with Crippen molar-refractivity contribution in [3.05, 3.63) is 150 Å². The molecule has 3 aromatic heterocycles. The number of pyridine rings is 1. The van der Waals surface area contributed by atoms with Gasteiger partial charge in [-0.05, 0) is 70.8 Å². The Morgan fingerprint density at radius 1 is 0.723 bits per heavy atom. The Bertz CT molecular complexity index is 2510. The maximum Gasteiger partial charge on any atom is 0.150 e. The van der Waals surface area contributed by atoms with Crippen LogP contribution in [0, 0.1) is 0 Å². The summed E-state index contributed by atoms with van der Waals surface area (Å²) in [6.07, 6.45) is 0.492. The molecule has 0 fully saturated rings. The van der Waals surface area contributed by atoms with Crippen molar-refractivity contribution in [3.8, 4) is 17.2 Å². The average molecular weight is 631 g/mol. The monoisotopic (exact) mass is 630 g/mol. The maximum absolute atomic E-state index is 16.7. The fourth-order valence-electron chi connectivity index (χ4n) is 7.34. The zero-order valence-electron chi connectivity index (χ0n) is 26.3. The Kier molecular flexibility index (Phi) is 6.21. The second kappa shape index (κ2) is 10.4. The lowest BCUT2D eigenvalue weighted by atomic mass is 9.77. The van der Waals surface area contributed by atoms with E-state index in [1.807, 2.05) is 97.8 Å². The van der Waals surface area contributed by atoms with Crippen LogP contribution in [0.15, 0.2) is 137 Å². The summed E-state index contributed by atoms with van der Waals surface area (Å²) in [5, 5.41) is 2.27. The number of halogens is 1. The molecule has 1 unspecified atom stereocenters. The smallest absolute Gasteiger partial charge is 0.150 e. The normalized spacial score (nSPS) is 14.4. The number of aromatic nitrogens is 4. The van der Waals surface area contributed by atoms with E-state index < -0.39 is 6.17 Å². The quantitative estimate of drug-likeness (QED) is 0.194. The maximum atomic E-state index is 16.7. The molecule has 228 valence electrons. The van der Waals surface area contributed by atoms with Crippen molar-refractivity contribution in [3.63, 3.8) is 0 Å². The second-order valence-corrected chi connectivity index (χ2v) is 13.9. The van der Waals surface area contributed by atoms with E-state index in [2.05, 4.69) is 71.5 Å². The van der Waals surface area contributed by atoms with Crippen molar-refractivity contribution in [1.82, 2.24) is 19.1 Å². The Balaban J connectivity index is 1.22. The molecule has 0 amide bonds. The molecule has 5 aromatic carbocycles. The molecule has 0 N–H and O–H groups in total. The minimum absolute atomic E-state index is 0.154. The van der Waals surface area contributed by atoms with Gasteiger partial charge in [-0.1, -0.05) is 98.4 Å². The van der Waals surface area contributed by atoms with Gasteiger partial charge in [0.1, 0.15) is 11.6 Å². The lowest BCUT2D eigenvalue weighted by Crippen LogP contribution is -2.23. The molecule has 0 spiro atoms. The molecule has 0 bridgehead atoms. The van der Waals surface area contributed by atoms with Crippen LogP contribution in [0.4, 0.5) is 4.39 Å². The lowest BCUT2D eigenvalue weighted by Gasteiger charge is -2.35. The van der Waals surface area contributed by atoms with Crippen LogP contribution < -0.4 is 0 Å². The third kappa shape index (κ3) is 4.21. The van der Waals surface area contributed by atoms with Crippen molar-refractivity contribution in [1.29, 1.82) is 0 Å². The van der Waals surface area contributed by atoms with Crippen LogP contribution in [0.1, 0.15) is 42.3 Å². The van der Waals surface area contributed by atoms with Crippen LogP contribution in [0.2, 0.25) is 0 Å². The molecule has 4 heterocycles. The largest absolute Gasteiger partial charge is 0.327 e. The van der Waals surface area contributed by atoms with Crippen molar-refractivity contribution in [2.45, 2.75) is 35.2 Å². The number of alkyl halides is 1. The minimum atomic E-state index is -1.32. The number of hydrogen-bond acceptors (Lipinski definition) is 3. The van der Waals surface area contributed by atoms with Gasteiger partial charge in [0.15, 0.2) is 6.17 Å². The molecule has 1 atom stereocenters. The van der Waals surface area contributed by atoms with Gasteiger partial charge >= 0.3 is 0 Å². The summed E-state index contributed by atoms with van der Waals surface area (Å²) in [5.74, 6) is 1.63. The van der Waals surface area contributed by atoms with Crippen molar-refractivity contribution >= 4 is 44.6 Å². The highest BCUT2D eigenvalue weighted by atomic mass is 32.2. The van der Waals surface area contributed by atoms with E-state index in [0.717, 1.165) is 44.7 Å². The van der Waals surface area contributed by atoms with Crippen LogP contribution in [0.3, 0.4) is 0 Å². The van der Waals surface area contributed by atoms with E-state index in [1.54, 1.807) is 0 Å². The first-order valence-electron chi connectivity index (χ1n) is 15.9. The van der Waals surface area contributed by atoms with Gasteiger partial charge in [-0.3, -0.25) is 4.57 Å². The van der Waals surface area contributed by atoms with Crippen molar-refractivity contribution in [2.24, 2.45) is 7.05 Å². The summed E-state index contributed by atoms with van der Waals surface area (Å²) < 4.78 is 20.9. The minimum Gasteiger partial charge on any atom is -0.327 e. The fourth-order valence-corrected chi connectivity index (χ4v) is 8.89. The zero-order chi connectivity index (χ0) is 31.9. The number of hydrogen-bond donors (Lipinski definition) is 0. The van der Waals surface area contributed by atoms with Gasteiger partial charge in [0, 0.05) is 44.8 Å². The summed E-state index contributed by atoms with van der Waals surface area (Å²) in [6, 6.07) is 41.0. The predicted octanol–water partition coefficient (Wildman–Crippen LogP) is 10.6. The van der Waals surface area contributed by atoms with E-state index in [0.29, 0.717) is 11.1 Å². The molecule has 0 saturated heterocycles. The van der Waals surface area contributed by atoms with Gasteiger partial charge in [0.05, 0.1) is 22.1 Å². The van der Waals surface area contributed by atoms with Crippen LogP contribution >= 0.6 is 11.8 Å². The summed E-state index contributed by atoms with van der Waals surface area (Å²) >= 11 is 1.83. The van der Waals surface area contributed by atoms with Gasteiger partial charge in [-0.2, -0.15) is 0 Å². The number of fused-ring (bicyclic) bond motifs is 7. The van der Waals surface area contributed by atoms with Gasteiger partial charge in [-0.25, -0.2) is 14.4 Å². The van der Waals surface area contributed by atoms with Crippen molar-refractivity contribution in [2.75, 3.05) is 0 Å². The summed E-state index contributed by atoms with van der Waals surface area (Å²) in [7, 11) is 2.01. The molecule has 9 rings (SSSR count). The van der Waals surface area contributed by atoms with E-state index in [1.165, 1.54) is 26.3 Å². The molecule has 1 aliphatic heterocycles. The van der Waals surface area contributed by atoms with E-state index >= 15 is 4.39 Å². The number of rotatable bonds is 4. The average Bonchev–Trinajstić information content (AvgIpc) is 3.63. The molecule has 4 nitrogen and oxygen atoms in total. The molecule has 0 saturated carbocycles.